The molecule has 0 spiro atoms. The van der Waals surface area contributed by atoms with Crippen LogP contribution in [0.2, 0.25) is 0 Å². The van der Waals surface area contributed by atoms with Gasteiger partial charge in [-0.25, -0.2) is 0 Å². The minimum atomic E-state index is 0.926. The lowest BCUT2D eigenvalue weighted by Gasteiger charge is -2.04. The zero-order valence-corrected chi connectivity index (χ0v) is 9.40. The maximum atomic E-state index is 5.33. The number of rotatable bonds is 2. The van der Waals surface area contributed by atoms with Crippen LogP contribution in [0.5, 0.6) is 0 Å². The molecule has 0 aliphatic heterocycles. The van der Waals surface area contributed by atoms with Gasteiger partial charge in [-0.2, -0.15) is 0 Å². The van der Waals surface area contributed by atoms with Crippen LogP contribution < -0.4 is 0 Å². The summed E-state index contributed by atoms with van der Waals surface area (Å²) in [7, 11) is 0. The van der Waals surface area contributed by atoms with Crippen LogP contribution in [0.1, 0.15) is 18.1 Å². The Morgan fingerprint density at radius 3 is 2.38 bits per heavy atom. The van der Waals surface area contributed by atoms with Crippen LogP contribution in [0, 0.1) is 12.3 Å². The maximum Gasteiger partial charge on any atom is 0.0243 e. The Kier molecular flexibility index (Phi) is 3.08. The highest BCUT2D eigenvalue weighted by Crippen LogP contribution is 2.21. The summed E-state index contributed by atoms with van der Waals surface area (Å²) in [6.07, 6.45) is 6.40. The number of terminal acetylenes is 1. The van der Waals surface area contributed by atoms with Gasteiger partial charge in [0.1, 0.15) is 0 Å². The van der Waals surface area contributed by atoms with Crippen LogP contribution >= 0.6 is 0 Å². The van der Waals surface area contributed by atoms with E-state index in [0.29, 0.717) is 0 Å². The first-order valence-corrected chi connectivity index (χ1v) is 5.49. The van der Waals surface area contributed by atoms with Crippen LogP contribution in [-0.4, -0.2) is 0 Å². The fourth-order valence-corrected chi connectivity index (χ4v) is 1.73. The lowest BCUT2D eigenvalue weighted by atomic mass is 10.0. The van der Waals surface area contributed by atoms with Gasteiger partial charge in [-0.1, -0.05) is 49.2 Å². The Morgan fingerprint density at radius 1 is 1.00 bits per heavy atom. The van der Waals surface area contributed by atoms with Gasteiger partial charge in [0, 0.05) is 5.56 Å². The van der Waals surface area contributed by atoms with E-state index in [2.05, 4.69) is 49.2 Å². The Hall–Kier alpha value is -2.00. The van der Waals surface area contributed by atoms with Crippen molar-refractivity contribution >= 4 is 0 Å². The first-order valence-electron chi connectivity index (χ1n) is 5.49. The van der Waals surface area contributed by atoms with Crippen molar-refractivity contribution < 1.29 is 0 Å². The molecule has 78 valence electrons. The second kappa shape index (κ2) is 4.68. The molecule has 0 saturated heterocycles. The van der Waals surface area contributed by atoms with Gasteiger partial charge in [0.2, 0.25) is 0 Å². The maximum absolute atomic E-state index is 5.33. The SMILES string of the molecule is C#Cc1ccc(-c2cccc(CC)c2)cc1. The third kappa shape index (κ3) is 2.15. The van der Waals surface area contributed by atoms with Crippen LogP contribution in [0.15, 0.2) is 48.5 Å². The second-order valence-corrected chi connectivity index (χ2v) is 3.78. The fourth-order valence-electron chi connectivity index (χ4n) is 1.73. The summed E-state index contributed by atoms with van der Waals surface area (Å²) < 4.78 is 0. The van der Waals surface area contributed by atoms with Gasteiger partial charge in [-0.3, -0.25) is 0 Å². The van der Waals surface area contributed by atoms with Gasteiger partial charge in [0.05, 0.1) is 0 Å². The molecule has 0 heterocycles. The third-order valence-electron chi connectivity index (χ3n) is 2.72. The fraction of sp³-hybridized carbons (Fsp3) is 0.125. The Labute approximate surface area is 96.9 Å². The van der Waals surface area contributed by atoms with Crippen LogP contribution in [-0.2, 0) is 6.42 Å². The molecule has 0 saturated carbocycles. The summed E-state index contributed by atoms with van der Waals surface area (Å²) >= 11 is 0. The molecule has 0 amide bonds. The van der Waals surface area contributed by atoms with Crippen molar-refractivity contribution in [3.05, 3.63) is 59.7 Å². The van der Waals surface area contributed by atoms with E-state index in [-0.39, 0.29) is 0 Å². The zero-order chi connectivity index (χ0) is 11.4. The number of hydrogen-bond donors (Lipinski definition) is 0. The van der Waals surface area contributed by atoms with Crippen LogP contribution in [0.25, 0.3) is 11.1 Å². The van der Waals surface area contributed by atoms with Crippen molar-refractivity contribution in [3.63, 3.8) is 0 Å². The molecule has 0 heteroatoms. The predicted octanol–water partition coefficient (Wildman–Crippen LogP) is 3.90. The lowest BCUT2D eigenvalue weighted by molar-refractivity contribution is 1.14. The molecular weight excluding hydrogens is 192 g/mol. The molecule has 0 fully saturated rings. The van der Waals surface area contributed by atoms with E-state index in [4.69, 9.17) is 6.42 Å². The molecule has 0 nitrogen and oxygen atoms in total. The van der Waals surface area contributed by atoms with Gasteiger partial charge in [-0.05, 0) is 35.2 Å². The summed E-state index contributed by atoms with van der Waals surface area (Å²) in [6, 6.07) is 16.7. The highest BCUT2D eigenvalue weighted by atomic mass is 14.0. The predicted molar refractivity (Wildman–Crippen MR) is 69.2 cm³/mol. The molecule has 16 heavy (non-hydrogen) atoms. The summed E-state index contributed by atoms with van der Waals surface area (Å²) in [4.78, 5) is 0. The first kappa shape index (κ1) is 10.5. The third-order valence-corrected chi connectivity index (χ3v) is 2.72. The lowest BCUT2D eigenvalue weighted by Crippen LogP contribution is -1.83. The average Bonchev–Trinajstić information content (AvgIpc) is 2.39. The van der Waals surface area contributed by atoms with E-state index in [0.717, 1.165) is 12.0 Å². The van der Waals surface area contributed by atoms with Gasteiger partial charge in [-0.15, -0.1) is 6.42 Å². The van der Waals surface area contributed by atoms with Crippen molar-refractivity contribution in [2.45, 2.75) is 13.3 Å². The highest BCUT2D eigenvalue weighted by molar-refractivity contribution is 5.65. The van der Waals surface area contributed by atoms with Gasteiger partial charge in [0.15, 0.2) is 0 Å². The van der Waals surface area contributed by atoms with Crippen LogP contribution in [0.3, 0.4) is 0 Å². The Bertz CT molecular complexity index is 512. The highest BCUT2D eigenvalue weighted by Gasteiger charge is 1.98. The van der Waals surface area contributed by atoms with Gasteiger partial charge >= 0.3 is 0 Å². The minimum Gasteiger partial charge on any atom is -0.115 e. The molecule has 0 aromatic heterocycles. The monoisotopic (exact) mass is 206 g/mol. The molecule has 0 aliphatic rings. The van der Waals surface area contributed by atoms with Crippen molar-refractivity contribution in [1.29, 1.82) is 0 Å². The Morgan fingerprint density at radius 2 is 1.75 bits per heavy atom. The van der Waals surface area contributed by atoms with Crippen molar-refractivity contribution in [3.8, 4) is 23.5 Å². The summed E-state index contributed by atoms with van der Waals surface area (Å²) in [6.45, 7) is 2.17. The topological polar surface area (TPSA) is 0 Å². The summed E-state index contributed by atoms with van der Waals surface area (Å²) in [5.74, 6) is 2.63. The largest absolute Gasteiger partial charge is 0.115 e. The average molecular weight is 206 g/mol. The van der Waals surface area contributed by atoms with Crippen molar-refractivity contribution in [2.75, 3.05) is 0 Å². The number of hydrogen-bond acceptors (Lipinski definition) is 0. The Balaban J connectivity index is 2.39. The quantitative estimate of drug-likeness (QED) is 0.654. The molecule has 0 N–H and O–H groups in total. The minimum absolute atomic E-state index is 0.926. The van der Waals surface area contributed by atoms with Gasteiger partial charge in [0.25, 0.3) is 0 Å². The van der Waals surface area contributed by atoms with E-state index in [1.165, 1.54) is 16.7 Å². The molecule has 0 radical (unpaired) electrons. The first-order chi connectivity index (χ1) is 7.83. The van der Waals surface area contributed by atoms with E-state index in [1.807, 2.05) is 12.1 Å². The standard InChI is InChI=1S/C16H14/c1-3-13-8-10-15(11-9-13)16-7-5-6-14(4-2)12-16/h1,5-12H,4H2,2H3. The van der Waals surface area contributed by atoms with Gasteiger partial charge < -0.3 is 0 Å². The van der Waals surface area contributed by atoms with Crippen molar-refractivity contribution in [1.82, 2.24) is 0 Å². The second-order valence-electron chi connectivity index (χ2n) is 3.78. The summed E-state index contributed by atoms with van der Waals surface area (Å²) in [5, 5.41) is 0. The molecule has 0 atom stereocenters. The number of benzene rings is 2. The van der Waals surface area contributed by atoms with E-state index < -0.39 is 0 Å². The molecule has 2 aromatic rings. The van der Waals surface area contributed by atoms with Crippen LogP contribution in [0.4, 0.5) is 0 Å². The zero-order valence-electron chi connectivity index (χ0n) is 9.40. The molecule has 2 aromatic carbocycles. The molecule has 0 unspecified atom stereocenters. The number of aryl methyl sites for hydroxylation is 1. The molecule has 2 rings (SSSR count). The summed E-state index contributed by atoms with van der Waals surface area (Å²) in [5.41, 5.74) is 4.76. The molecule has 0 aliphatic carbocycles. The normalized spacial score (nSPS) is 9.75. The van der Waals surface area contributed by atoms with E-state index in [1.54, 1.807) is 0 Å². The van der Waals surface area contributed by atoms with E-state index >= 15 is 0 Å². The molecule has 0 bridgehead atoms. The van der Waals surface area contributed by atoms with E-state index in [9.17, 15) is 0 Å². The smallest absolute Gasteiger partial charge is 0.0243 e. The molecular formula is C16H14. The van der Waals surface area contributed by atoms with Crippen molar-refractivity contribution in [2.24, 2.45) is 0 Å².